The van der Waals surface area contributed by atoms with E-state index in [1.54, 1.807) is 6.07 Å². The lowest BCUT2D eigenvalue weighted by Gasteiger charge is -2.33. The molecular formula is C14H17FN4O. The Kier molecular flexibility index (Phi) is 3.40. The van der Waals surface area contributed by atoms with E-state index in [9.17, 15) is 4.39 Å². The summed E-state index contributed by atoms with van der Waals surface area (Å²) in [6.07, 6.45) is 1.49. The molecule has 2 aromatic rings. The monoisotopic (exact) mass is 276 g/mol. The fraction of sp³-hybridized carbons (Fsp3) is 0.429. The van der Waals surface area contributed by atoms with E-state index in [1.165, 1.54) is 19.5 Å². The van der Waals surface area contributed by atoms with Gasteiger partial charge in [0.1, 0.15) is 12.1 Å². The van der Waals surface area contributed by atoms with Crippen LogP contribution in [0.25, 0.3) is 10.9 Å². The van der Waals surface area contributed by atoms with E-state index in [0.717, 1.165) is 37.4 Å². The van der Waals surface area contributed by atoms with E-state index >= 15 is 0 Å². The number of hydrogen-bond acceptors (Lipinski definition) is 5. The first-order valence-corrected chi connectivity index (χ1v) is 6.61. The molecule has 1 saturated heterocycles. The smallest absolute Gasteiger partial charge is 0.167 e. The number of anilines is 1. The Morgan fingerprint density at radius 3 is 2.60 bits per heavy atom. The van der Waals surface area contributed by atoms with Crippen LogP contribution in [0.4, 0.5) is 10.2 Å². The zero-order chi connectivity index (χ0) is 14.1. The summed E-state index contributed by atoms with van der Waals surface area (Å²) in [5, 5.41) is 0.829. The highest BCUT2D eigenvalue weighted by molar-refractivity contribution is 5.90. The standard InChI is InChI=1S/C14H17FN4O/c1-18-3-5-19(6-4-18)14-10-7-13(20-2)11(15)8-12(10)16-9-17-14/h7-9H,3-6H2,1-2H3. The second-order valence-corrected chi connectivity index (χ2v) is 4.99. The summed E-state index contributed by atoms with van der Waals surface area (Å²) in [6.45, 7) is 3.79. The van der Waals surface area contributed by atoms with Gasteiger partial charge < -0.3 is 14.5 Å². The van der Waals surface area contributed by atoms with Gasteiger partial charge in [0.05, 0.1) is 12.6 Å². The van der Waals surface area contributed by atoms with E-state index < -0.39 is 5.82 Å². The Balaban J connectivity index is 2.06. The minimum absolute atomic E-state index is 0.225. The number of halogens is 1. The van der Waals surface area contributed by atoms with E-state index in [2.05, 4.69) is 26.8 Å². The van der Waals surface area contributed by atoms with Gasteiger partial charge in [-0.1, -0.05) is 0 Å². The molecule has 106 valence electrons. The van der Waals surface area contributed by atoms with Gasteiger partial charge in [0.15, 0.2) is 11.6 Å². The van der Waals surface area contributed by atoms with Gasteiger partial charge in [-0.2, -0.15) is 0 Å². The molecule has 1 aliphatic rings. The topological polar surface area (TPSA) is 41.5 Å². The highest BCUT2D eigenvalue weighted by Gasteiger charge is 2.19. The third-order valence-electron chi connectivity index (χ3n) is 3.69. The molecule has 0 N–H and O–H groups in total. The molecule has 2 heterocycles. The molecule has 0 atom stereocenters. The van der Waals surface area contributed by atoms with Gasteiger partial charge in [0, 0.05) is 37.6 Å². The number of methoxy groups -OCH3 is 1. The van der Waals surface area contributed by atoms with Gasteiger partial charge in [-0.15, -0.1) is 0 Å². The quantitative estimate of drug-likeness (QED) is 0.832. The van der Waals surface area contributed by atoms with Crippen molar-refractivity contribution in [2.24, 2.45) is 0 Å². The lowest BCUT2D eigenvalue weighted by Crippen LogP contribution is -2.44. The number of piperazine rings is 1. The van der Waals surface area contributed by atoms with E-state index in [-0.39, 0.29) is 5.75 Å². The number of likely N-dealkylation sites (N-methyl/N-ethyl adjacent to an activating group) is 1. The largest absolute Gasteiger partial charge is 0.494 e. The zero-order valence-electron chi connectivity index (χ0n) is 11.6. The van der Waals surface area contributed by atoms with Crippen LogP contribution in [-0.4, -0.2) is 55.2 Å². The van der Waals surface area contributed by atoms with Crippen molar-refractivity contribution in [3.63, 3.8) is 0 Å². The van der Waals surface area contributed by atoms with Crippen LogP contribution in [0.2, 0.25) is 0 Å². The van der Waals surface area contributed by atoms with Crippen molar-refractivity contribution in [2.75, 3.05) is 45.2 Å². The van der Waals surface area contributed by atoms with Crippen LogP contribution in [0.1, 0.15) is 0 Å². The Morgan fingerprint density at radius 2 is 1.90 bits per heavy atom. The summed E-state index contributed by atoms with van der Waals surface area (Å²) in [6, 6.07) is 3.08. The second-order valence-electron chi connectivity index (χ2n) is 4.99. The van der Waals surface area contributed by atoms with Crippen LogP contribution in [0.3, 0.4) is 0 Å². The molecule has 0 spiro atoms. The van der Waals surface area contributed by atoms with Crippen LogP contribution in [0, 0.1) is 5.82 Å². The Hall–Kier alpha value is -1.95. The van der Waals surface area contributed by atoms with Crippen molar-refractivity contribution in [3.8, 4) is 5.75 Å². The van der Waals surface area contributed by atoms with Crippen LogP contribution in [-0.2, 0) is 0 Å². The summed E-state index contributed by atoms with van der Waals surface area (Å²) in [7, 11) is 3.57. The number of hydrogen-bond donors (Lipinski definition) is 0. The molecule has 0 saturated carbocycles. The first-order chi connectivity index (χ1) is 9.69. The maximum absolute atomic E-state index is 13.7. The van der Waals surface area contributed by atoms with Gasteiger partial charge in [0.2, 0.25) is 0 Å². The molecule has 1 aromatic heterocycles. The highest BCUT2D eigenvalue weighted by Crippen LogP contribution is 2.29. The molecule has 1 fully saturated rings. The third kappa shape index (κ3) is 2.27. The Labute approximate surface area is 117 Å². The van der Waals surface area contributed by atoms with Gasteiger partial charge in [-0.3, -0.25) is 0 Å². The molecule has 0 amide bonds. The van der Waals surface area contributed by atoms with Crippen molar-refractivity contribution in [2.45, 2.75) is 0 Å². The summed E-state index contributed by atoms with van der Waals surface area (Å²) < 4.78 is 18.8. The van der Waals surface area contributed by atoms with Gasteiger partial charge in [-0.25, -0.2) is 14.4 Å². The second kappa shape index (κ2) is 5.20. The average Bonchev–Trinajstić information content (AvgIpc) is 2.46. The lowest BCUT2D eigenvalue weighted by molar-refractivity contribution is 0.312. The van der Waals surface area contributed by atoms with Gasteiger partial charge in [0.25, 0.3) is 0 Å². The van der Waals surface area contributed by atoms with Crippen LogP contribution >= 0.6 is 0 Å². The van der Waals surface area contributed by atoms with Gasteiger partial charge >= 0.3 is 0 Å². The first kappa shape index (κ1) is 13.1. The number of aromatic nitrogens is 2. The van der Waals surface area contributed by atoms with Crippen molar-refractivity contribution >= 4 is 16.7 Å². The number of ether oxygens (including phenoxy) is 1. The molecule has 0 bridgehead atoms. The predicted molar refractivity (Wildman–Crippen MR) is 75.8 cm³/mol. The molecule has 5 nitrogen and oxygen atoms in total. The van der Waals surface area contributed by atoms with Crippen LogP contribution in [0.5, 0.6) is 5.75 Å². The van der Waals surface area contributed by atoms with Crippen LogP contribution in [0.15, 0.2) is 18.5 Å². The van der Waals surface area contributed by atoms with Gasteiger partial charge in [-0.05, 0) is 13.1 Å². The van der Waals surface area contributed by atoms with Crippen molar-refractivity contribution in [1.29, 1.82) is 0 Å². The summed E-state index contributed by atoms with van der Waals surface area (Å²) in [5.74, 6) is 0.673. The number of rotatable bonds is 2. The Bertz CT molecular complexity index is 626. The Morgan fingerprint density at radius 1 is 1.15 bits per heavy atom. The summed E-state index contributed by atoms with van der Waals surface area (Å²) in [5.41, 5.74) is 0.604. The molecule has 0 radical (unpaired) electrons. The minimum Gasteiger partial charge on any atom is -0.494 e. The van der Waals surface area contributed by atoms with E-state index in [0.29, 0.717) is 5.52 Å². The van der Waals surface area contributed by atoms with Crippen molar-refractivity contribution in [1.82, 2.24) is 14.9 Å². The van der Waals surface area contributed by atoms with Crippen molar-refractivity contribution < 1.29 is 9.13 Å². The maximum atomic E-state index is 13.7. The van der Waals surface area contributed by atoms with E-state index in [1.807, 2.05) is 0 Å². The average molecular weight is 276 g/mol. The molecular weight excluding hydrogens is 259 g/mol. The summed E-state index contributed by atoms with van der Waals surface area (Å²) >= 11 is 0. The fourth-order valence-electron chi connectivity index (χ4n) is 2.47. The molecule has 1 aliphatic heterocycles. The first-order valence-electron chi connectivity index (χ1n) is 6.61. The molecule has 6 heteroatoms. The minimum atomic E-state index is -0.400. The van der Waals surface area contributed by atoms with Crippen molar-refractivity contribution in [3.05, 3.63) is 24.3 Å². The molecule has 1 aromatic carbocycles. The molecule has 3 rings (SSSR count). The summed E-state index contributed by atoms with van der Waals surface area (Å²) in [4.78, 5) is 13.0. The van der Waals surface area contributed by atoms with E-state index in [4.69, 9.17) is 4.74 Å². The highest BCUT2D eigenvalue weighted by atomic mass is 19.1. The predicted octanol–water partition coefficient (Wildman–Crippen LogP) is 1.53. The number of fused-ring (bicyclic) bond motifs is 1. The fourth-order valence-corrected chi connectivity index (χ4v) is 2.47. The number of benzene rings is 1. The molecule has 0 aliphatic carbocycles. The zero-order valence-corrected chi connectivity index (χ0v) is 11.6. The normalized spacial score (nSPS) is 16.6. The SMILES string of the molecule is COc1cc2c(N3CCN(C)CC3)ncnc2cc1F. The maximum Gasteiger partial charge on any atom is 0.167 e. The lowest BCUT2D eigenvalue weighted by atomic mass is 10.2. The molecule has 20 heavy (non-hydrogen) atoms. The molecule has 0 unspecified atom stereocenters. The third-order valence-corrected chi connectivity index (χ3v) is 3.69. The van der Waals surface area contributed by atoms with Crippen LogP contribution < -0.4 is 9.64 Å². The number of nitrogens with zero attached hydrogens (tertiary/aromatic N) is 4.